The summed E-state index contributed by atoms with van der Waals surface area (Å²) in [4.78, 5) is 3.61. The molecule has 0 aliphatic rings. The molecule has 0 atom stereocenters. The van der Waals surface area contributed by atoms with E-state index in [0.29, 0.717) is 0 Å². The second-order valence-electron chi connectivity index (χ2n) is 2.33. The number of hydrogen-bond acceptors (Lipinski definition) is 3. The Morgan fingerprint density at radius 1 is 1.64 bits per heavy atom. The standard InChI is InChI=1S/C8H5F2IN2O/c1-14-6-4(3-12)2-5(7(9)10)13-8(6)11/h2,7H,1H3. The summed E-state index contributed by atoms with van der Waals surface area (Å²) in [6, 6.07) is 2.81. The van der Waals surface area contributed by atoms with Crippen LogP contribution in [-0.2, 0) is 0 Å². The number of nitriles is 1. The van der Waals surface area contributed by atoms with Crippen LogP contribution in [0.25, 0.3) is 0 Å². The van der Waals surface area contributed by atoms with Gasteiger partial charge in [-0.3, -0.25) is 0 Å². The molecule has 0 aliphatic carbocycles. The Kier molecular flexibility index (Phi) is 3.57. The molecule has 0 spiro atoms. The number of methoxy groups -OCH3 is 1. The average Bonchev–Trinajstić information content (AvgIpc) is 2.16. The number of pyridine rings is 1. The molecule has 0 bridgehead atoms. The Hall–Kier alpha value is -0.970. The molecular weight excluding hydrogens is 305 g/mol. The molecular formula is C8H5F2IN2O. The lowest BCUT2D eigenvalue weighted by Crippen LogP contribution is -1.99. The number of ether oxygens (including phenoxy) is 1. The van der Waals surface area contributed by atoms with E-state index in [1.807, 2.05) is 0 Å². The third-order valence-corrected chi connectivity index (χ3v) is 2.23. The van der Waals surface area contributed by atoms with Crippen molar-refractivity contribution in [3.8, 4) is 11.8 Å². The van der Waals surface area contributed by atoms with Crippen LogP contribution in [0.1, 0.15) is 17.7 Å². The average molecular weight is 310 g/mol. The first-order valence-corrected chi connectivity index (χ1v) is 4.60. The van der Waals surface area contributed by atoms with Gasteiger partial charge in [-0.25, -0.2) is 13.8 Å². The van der Waals surface area contributed by atoms with Crippen LogP contribution in [0.5, 0.6) is 5.75 Å². The molecule has 1 heterocycles. The van der Waals surface area contributed by atoms with Crippen LogP contribution < -0.4 is 4.74 Å². The molecule has 0 N–H and O–H groups in total. The Labute approximate surface area is 92.8 Å². The second kappa shape index (κ2) is 4.50. The number of alkyl halides is 2. The van der Waals surface area contributed by atoms with Crippen molar-refractivity contribution in [3.63, 3.8) is 0 Å². The molecule has 0 unspecified atom stereocenters. The van der Waals surface area contributed by atoms with Gasteiger partial charge in [0.15, 0.2) is 5.75 Å². The molecule has 3 nitrogen and oxygen atoms in total. The van der Waals surface area contributed by atoms with E-state index in [0.717, 1.165) is 6.07 Å². The van der Waals surface area contributed by atoms with E-state index in [-0.39, 0.29) is 15.0 Å². The van der Waals surface area contributed by atoms with Crippen LogP contribution in [0.3, 0.4) is 0 Å². The van der Waals surface area contributed by atoms with Crippen molar-refractivity contribution in [2.75, 3.05) is 7.11 Å². The highest BCUT2D eigenvalue weighted by atomic mass is 127. The lowest BCUT2D eigenvalue weighted by atomic mass is 10.2. The van der Waals surface area contributed by atoms with Gasteiger partial charge in [-0.1, -0.05) is 0 Å². The first kappa shape index (κ1) is 11.1. The monoisotopic (exact) mass is 310 g/mol. The molecule has 1 aromatic heterocycles. The molecule has 74 valence electrons. The molecule has 0 fully saturated rings. The lowest BCUT2D eigenvalue weighted by molar-refractivity contribution is 0.145. The molecule has 0 saturated carbocycles. The van der Waals surface area contributed by atoms with Crippen LogP contribution in [0.4, 0.5) is 8.78 Å². The van der Waals surface area contributed by atoms with Crippen LogP contribution in [0.15, 0.2) is 6.07 Å². The highest BCUT2D eigenvalue weighted by Crippen LogP contribution is 2.27. The Balaban J connectivity index is 3.33. The van der Waals surface area contributed by atoms with Gasteiger partial charge >= 0.3 is 0 Å². The number of rotatable bonds is 2. The van der Waals surface area contributed by atoms with Crippen LogP contribution >= 0.6 is 22.6 Å². The molecule has 1 aromatic rings. The fourth-order valence-corrected chi connectivity index (χ4v) is 1.70. The summed E-state index contributed by atoms with van der Waals surface area (Å²) in [5.41, 5.74) is -0.339. The maximum atomic E-state index is 12.3. The van der Waals surface area contributed by atoms with E-state index in [9.17, 15) is 8.78 Å². The van der Waals surface area contributed by atoms with Gasteiger partial charge in [-0.2, -0.15) is 5.26 Å². The Bertz CT molecular complexity index is 390. The zero-order valence-electron chi connectivity index (χ0n) is 7.09. The van der Waals surface area contributed by atoms with Gasteiger partial charge in [0.25, 0.3) is 6.43 Å². The number of nitrogens with zero attached hydrogens (tertiary/aromatic N) is 2. The predicted molar refractivity (Wildman–Crippen MR) is 53.2 cm³/mol. The summed E-state index contributed by atoms with van der Waals surface area (Å²) in [6.07, 6.45) is -2.68. The first-order chi connectivity index (χ1) is 6.60. The molecule has 0 aliphatic heterocycles. The van der Waals surface area contributed by atoms with Crippen molar-refractivity contribution in [1.82, 2.24) is 4.98 Å². The van der Waals surface area contributed by atoms with E-state index in [1.54, 1.807) is 28.7 Å². The van der Waals surface area contributed by atoms with Gasteiger partial charge in [-0.05, 0) is 28.7 Å². The van der Waals surface area contributed by atoms with Crippen LogP contribution in [0.2, 0.25) is 0 Å². The molecule has 0 saturated heterocycles. The van der Waals surface area contributed by atoms with Gasteiger partial charge in [0.1, 0.15) is 15.5 Å². The maximum absolute atomic E-state index is 12.3. The smallest absolute Gasteiger partial charge is 0.280 e. The lowest BCUT2D eigenvalue weighted by Gasteiger charge is -2.06. The zero-order chi connectivity index (χ0) is 10.7. The van der Waals surface area contributed by atoms with E-state index >= 15 is 0 Å². The SMILES string of the molecule is COc1c(C#N)cc(C(F)F)nc1I. The molecule has 0 radical (unpaired) electrons. The summed E-state index contributed by atoms with van der Waals surface area (Å²) < 4.78 is 29.7. The quantitative estimate of drug-likeness (QED) is 0.623. The summed E-state index contributed by atoms with van der Waals surface area (Å²) in [5, 5.41) is 8.67. The van der Waals surface area contributed by atoms with Crippen molar-refractivity contribution >= 4 is 22.6 Å². The second-order valence-corrected chi connectivity index (χ2v) is 3.35. The summed E-state index contributed by atoms with van der Waals surface area (Å²) in [7, 11) is 1.36. The summed E-state index contributed by atoms with van der Waals surface area (Å²) in [5.74, 6) is 0.234. The van der Waals surface area contributed by atoms with E-state index in [1.165, 1.54) is 7.11 Å². The van der Waals surface area contributed by atoms with Crippen LogP contribution in [0, 0.1) is 15.0 Å². The molecule has 0 aromatic carbocycles. The fourth-order valence-electron chi connectivity index (χ4n) is 0.910. The van der Waals surface area contributed by atoms with Crippen LogP contribution in [-0.4, -0.2) is 12.1 Å². The molecule has 6 heteroatoms. The highest BCUT2D eigenvalue weighted by molar-refractivity contribution is 14.1. The minimum absolute atomic E-state index is 0.0715. The summed E-state index contributed by atoms with van der Waals surface area (Å²) >= 11 is 1.75. The minimum atomic E-state index is -2.68. The third kappa shape index (κ3) is 2.09. The van der Waals surface area contributed by atoms with Crippen molar-refractivity contribution in [2.45, 2.75) is 6.43 Å². The molecule has 14 heavy (non-hydrogen) atoms. The number of halogens is 3. The molecule has 1 rings (SSSR count). The van der Waals surface area contributed by atoms with Gasteiger partial charge in [0.05, 0.1) is 12.7 Å². The Morgan fingerprint density at radius 3 is 2.71 bits per heavy atom. The van der Waals surface area contributed by atoms with Gasteiger partial charge in [0.2, 0.25) is 0 Å². The predicted octanol–water partition coefficient (Wildman–Crippen LogP) is 2.50. The number of aromatic nitrogens is 1. The zero-order valence-corrected chi connectivity index (χ0v) is 9.25. The van der Waals surface area contributed by atoms with Crippen molar-refractivity contribution in [3.05, 3.63) is 21.0 Å². The van der Waals surface area contributed by atoms with E-state index in [4.69, 9.17) is 10.00 Å². The van der Waals surface area contributed by atoms with Gasteiger partial charge in [0, 0.05) is 0 Å². The largest absolute Gasteiger partial charge is 0.493 e. The van der Waals surface area contributed by atoms with Crippen molar-refractivity contribution in [1.29, 1.82) is 5.26 Å². The topological polar surface area (TPSA) is 45.9 Å². The van der Waals surface area contributed by atoms with E-state index < -0.39 is 12.1 Å². The normalized spacial score (nSPS) is 10.0. The fraction of sp³-hybridized carbons (Fsp3) is 0.250. The third-order valence-electron chi connectivity index (χ3n) is 1.50. The highest BCUT2D eigenvalue weighted by Gasteiger charge is 2.16. The number of hydrogen-bond donors (Lipinski definition) is 0. The minimum Gasteiger partial charge on any atom is -0.493 e. The van der Waals surface area contributed by atoms with E-state index in [2.05, 4.69) is 4.98 Å². The van der Waals surface area contributed by atoms with Gasteiger partial charge < -0.3 is 4.74 Å². The maximum Gasteiger partial charge on any atom is 0.280 e. The summed E-state index contributed by atoms with van der Waals surface area (Å²) in [6.45, 7) is 0. The van der Waals surface area contributed by atoms with Gasteiger partial charge in [-0.15, -0.1) is 0 Å². The Morgan fingerprint density at radius 2 is 2.29 bits per heavy atom. The van der Waals surface area contributed by atoms with Crippen molar-refractivity contribution < 1.29 is 13.5 Å². The first-order valence-electron chi connectivity index (χ1n) is 3.52. The molecule has 0 amide bonds. The van der Waals surface area contributed by atoms with Crippen molar-refractivity contribution in [2.24, 2.45) is 0 Å².